The summed E-state index contributed by atoms with van der Waals surface area (Å²) in [5.41, 5.74) is 0.897. The highest BCUT2D eigenvalue weighted by atomic mass is 32.2. The fraction of sp³-hybridized carbons (Fsp3) is 0.409. The van der Waals surface area contributed by atoms with E-state index in [0.29, 0.717) is 33.8 Å². The molecule has 0 N–H and O–H groups in total. The first-order valence-electron chi connectivity index (χ1n) is 10.8. The van der Waals surface area contributed by atoms with E-state index >= 15 is 0 Å². The maximum Gasteiger partial charge on any atom is 0.350 e. The van der Waals surface area contributed by atoms with Crippen molar-refractivity contribution in [2.45, 2.75) is 48.9 Å². The Morgan fingerprint density at radius 2 is 2.03 bits per heavy atom. The van der Waals surface area contributed by atoms with E-state index in [0.717, 1.165) is 17.9 Å². The first-order valence-corrected chi connectivity index (χ1v) is 11.7. The summed E-state index contributed by atoms with van der Waals surface area (Å²) >= 11 is 1.71. The number of hydrogen-bond donors (Lipinski definition) is 0. The number of methoxy groups -OCH3 is 2. The zero-order valence-corrected chi connectivity index (χ0v) is 19.2. The van der Waals surface area contributed by atoms with Crippen molar-refractivity contribution in [1.29, 1.82) is 0 Å². The molecule has 0 radical (unpaired) electrons. The third-order valence-corrected chi connectivity index (χ3v) is 7.01. The average molecular weight is 469 g/mol. The van der Waals surface area contributed by atoms with E-state index in [2.05, 4.69) is 20.2 Å². The fourth-order valence-electron chi connectivity index (χ4n) is 4.07. The molecule has 1 saturated carbocycles. The van der Waals surface area contributed by atoms with Gasteiger partial charge >= 0.3 is 5.69 Å². The number of thioether (sulfide) groups is 1. The molecular formula is C22H24N6O4S. The molecule has 10 nitrogen and oxygen atoms in total. The zero-order chi connectivity index (χ0) is 22.8. The van der Waals surface area contributed by atoms with Gasteiger partial charge < -0.3 is 14.0 Å². The number of ether oxygens (including phenoxy) is 2. The molecule has 0 bridgehead atoms. The van der Waals surface area contributed by atoms with Crippen LogP contribution in [0.4, 0.5) is 0 Å². The van der Waals surface area contributed by atoms with Gasteiger partial charge in [0.05, 0.1) is 19.8 Å². The predicted molar refractivity (Wildman–Crippen MR) is 122 cm³/mol. The van der Waals surface area contributed by atoms with Crippen LogP contribution in [0.3, 0.4) is 0 Å². The molecule has 0 saturated heterocycles. The van der Waals surface area contributed by atoms with Crippen LogP contribution in [0.1, 0.15) is 38.0 Å². The SMILES string of the molecule is COc1cccc(-c2noc(Cn3nc4c(SC5CCCCC5)nccn4c3=O)n2)c1OC. The molecule has 0 amide bonds. The standard InChI is InChI=1S/C22H24N6O4S/c1-30-16-10-6-9-15(18(16)31-2)19-24-17(32-26-19)13-28-22(29)27-12-11-23-21(20(27)25-28)33-14-7-4-3-5-8-14/h6,9-12,14H,3-5,7-8,13H2,1-2H3. The van der Waals surface area contributed by atoms with Crippen molar-refractivity contribution >= 4 is 17.4 Å². The summed E-state index contributed by atoms with van der Waals surface area (Å²) < 4.78 is 19.0. The largest absolute Gasteiger partial charge is 0.493 e. The Labute approximate surface area is 193 Å². The van der Waals surface area contributed by atoms with Crippen LogP contribution in [-0.2, 0) is 6.54 Å². The molecule has 11 heteroatoms. The van der Waals surface area contributed by atoms with Crippen LogP contribution in [0.15, 0.2) is 44.9 Å². The van der Waals surface area contributed by atoms with Crippen molar-refractivity contribution in [3.63, 3.8) is 0 Å². The van der Waals surface area contributed by atoms with Crippen molar-refractivity contribution in [2.24, 2.45) is 0 Å². The van der Waals surface area contributed by atoms with Gasteiger partial charge in [0.2, 0.25) is 11.7 Å². The average Bonchev–Trinajstić information content (AvgIpc) is 3.44. The molecule has 172 valence electrons. The van der Waals surface area contributed by atoms with Crippen LogP contribution >= 0.6 is 11.8 Å². The Morgan fingerprint density at radius 3 is 2.82 bits per heavy atom. The van der Waals surface area contributed by atoms with Gasteiger partial charge in [0.1, 0.15) is 11.6 Å². The number of benzene rings is 1. The molecule has 0 aliphatic heterocycles. The lowest BCUT2D eigenvalue weighted by molar-refractivity contribution is 0.354. The Kier molecular flexibility index (Phi) is 6.03. The number of hydrogen-bond acceptors (Lipinski definition) is 9. The molecule has 0 spiro atoms. The Balaban J connectivity index is 1.43. The molecule has 0 atom stereocenters. The van der Waals surface area contributed by atoms with Gasteiger partial charge in [-0.1, -0.05) is 42.2 Å². The van der Waals surface area contributed by atoms with Gasteiger partial charge in [-0.25, -0.2) is 18.9 Å². The monoisotopic (exact) mass is 468 g/mol. The summed E-state index contributed by atoms with van der Waals surface area (Å²) in [7, 11) is 3.12. The summed E-state index contributed by atoms with van der Waals surface area (Å²) in [5.74, 6) is 1.67. The second-order valence-electron chi connectivity index (χ2n) is 7.80. The molecule has 1 aliphatic rings. The number of para-hydroxylation sites is 1. The quantitative estimate of drug-likeness (QED) is 0.403. The van der Waals surface area contributed by atoms with E-state index in [1.807, 2.05) is 12.1 Å². The highest BCUT2D eigenvalue weighted by Crippen LogP contribution is 2.36. The van der Waals surface area contributed by atoms with Crippen molar-refractivity contribution in [1.82, 2.24) is 29.3 Å². The molecule has 1 aromatic carbocycles. The molecule has 3 heterocycles. The molecule has 33 heavy (non-hydrogen) atoms. The highest BCUT2D eigenvalue weighted by Gasteiger charge is 2.21. The van der Waals surface area contributed by atoms with Crippen LogP contribution in [-0.4, -0.2) is 48.8 Å². The fourth-order valence-corrected chi connectivity index (χ4v) is 5.32. The maximum atomic E-state index is 12.9. The van der Waals surface area contributed by atoms with Gasteiger partial charge in [-0.05, 0) is 25.0 Å². The molecule has 1 aliphatic carbocycles. The van der Waals surface area contributed by atoms with E-state index < -0.39 is 0 Å². The lowest BCUT2D eigenvalue weighted by Gasteiger charge is -2.20. The third-order valence-electron chi connectivity index (χ3n) is 5.70. The molecular weight excluding hydrogens is 444 g/mol. The highest BCUT2D eigenvalue weighted by molar-refractivity contribution is 8.00. The third kappa shape index (κ3) is 4.20. The zero-order valence-electron chi connectivity index (χ0n) is 18.4. The number of fused-ring (bicyclic) bond motifs is 1. The van der Waals surface area contributed by atoms with E-state index in [9.17, 15) is 4.79 Å². The van der Waals surface area contributed by atoms with Gasteiger partial charge in [0.15, 0.2) is 17.1 Å². The van der Waals surface area contributed by atoms with Crippen molar-refractivity contribution in [3.8, 4) is 22.9 Å². The van der Waals surface area contributed by atoms with Gasteiger partial charge in [0, 0.05) is 17.6 Å². The van der Waals surface area contributed by atoms with Gasteiger partial charge in [0.25, 0.3) is 0 Å². The minimum Gasteiger partial charge on any atom is -0.493 e. The minimum absolute atomic E-state index is 0.0489. The van der Waals surface area contributed by atoms with E-state index in [1.54, 1.807) is 44.4 Å². The van der Waals surface area contributed by atoms with Crippen molar-refractivity contribution in [3.05, 3.63) is 47.0 Å². The topological polar surface area (TPSA) is 110 Å². The Bertz CT molecular complexity index is 1320. The summed E-state index contributed by atoms with van der Waals surface area (Å²) in [4.78, 5) is 21.9. The predicted octanol–water partition coefficient (Wildman–Crippen LogP) is 3.43. The van der Waals surface area contributed by atoms with Crippen LogP contribution < -0.4 is 15.2 Å². The second-order valence-corrected chi connectivity index (χ2v) is 9.09. The van der Waals surface area contributed by atoms with E-state index in [-0.39, 0.29) is 18.1 Å². The van der Waals surface area contributed by atoms with Crippen molar-refractivity contribution < 1.29 is 14.0 Å². The van der Waals surface area contributed by atoms with Crippen LogP contribution in [0, 0.1) is 0 Å². The molecule has 0 unspecified atom stereocenters. The Hall–Kier alpha value is -3.34. The van der Waals surface area contributed by atoms with Crippen LogP contribution in [0.5, 0.6) is 11.5 Å². The van der Waals surface area contributed by atoms with Crippen molar-refractivity contribution in [2.75, 3.05) is 14.2 Å². The summed E-state index contributed by atoms with van der Waals surface area (Å²) in [5, 5.41) is 9.86. The summed E-state index contributed by atoms with van der Waals surface area (Å²) in [6.45, 7) is 0.0489. The van der Waals surface area contributed by atoms with Gasteiger partial charge in [-0.3, -0.25) is 0 Å². The first kappa shape index (κ1) is 21.5. The van der Waals surface area contributed by atoms with Crippen LogP contribution in [0.25, 0.3) is 17.0 Å². The maximum absolute atomic E-state index is 12.9. The smallest absolute Gasteiger partial charge is 0.350 e. The molecule has 1 fully saturated rings. The van der Waals surface area contributed by atoms with E-state index in [4.69, 9.17) is 14.0 Å². The lowest BCUT2D eigenvalue weighted by atomic mass is 10.0. The van der Waals surface area contributed by atoms with E-state index in [1.165, 1.54) is 28.3 Å². The lowest BCUT2D eigenvalue weighted by Crippen LogP contribution is -2.21. The summed E-state index contributed by atoms with van der Waals surface area (Å²) in [6, 6.07) is 5.42. The first-order chi connectivity index (χ1) is 16.2. The number of rotatable bonds is 7. The molecule has 5 rings (SSSR count). The molecule has 4 aromatic rings. The minimum atomic E-state index is -0.281. The second kappa shape index (κ2) is 9.26. The summed E-state index contributed by atoms with van der Waals surface area (Å²) in [6.07, 6.45) is 9.36. The van der Waals surface area contributed by atoms with Gasteiger partial charge in [-0.15, -0.1) is 5.10 Å². The normalized spacial score (nSPS) is 14.6. The number of nitrogens with zero attached hydrogens (tertiary/aromatic N) is 6. The Morgan fingerprint density at radius 1 is 1.18 bits per heavy atom. The van der Waals surface area contributed by atoms with Crippen LogP contribution in [0.2, 0.25) is 0 Å². The molecule has 3 aromatic heterocycles. The van der Waals surface area contributed by atoms with Gasteiger partial charge in [-0.2, -0.15) is 4.98 Å². The number of aromatic nitrogens is 6.